The Hall–Kier alpha value is -2.39. The third-order valence-electron chi connectivity index (χ3n) is 5.20. The molecule has 2 aromatic carbocycles. The van der Waals surface area contributed by atoms with E-state index in [0.29, 0.717) is 0 Å². The van der Waals surface area contributed by atoms with Gasteiger partial charge in [0.25, 0.3) is 0 Å². The van der Waals surface area contributed by atoms with E-state index in [9.17, 15) is 0 Å². The van der Waals surface area contributed by atoms with Gasteiger partial charge in [-0.15, -0.1) is 0 Å². The van der Waals surface area contributed by atoms with E-state index in [2.05, 4.69) is 58.7 Å². The number of anilines is 2. The zero-order valence-electron chi connectivity index (χ0n) is 13.8. The van der Waals surface area contributed by atoms with Crippen molar-refractivity contribution in [1.82, 2.24) is 9.88 Å². The third kappa shape index (κ3) is 2.28. The van der Waals surface area contributed by atoms with Crippen molar-refractivity contribution >= 4 is 22.1 Å². The van der Waals surface area contributed by atoms with Gasteiger partial charge in [-0.2, -0.15) is 0 Å². The number of para-hydroxylation sites is 1. The van der Waals surface area contributed by atoms with Crippen molar-refractivity contribution < 1.29 is 0 Å². The summed E-state index contributed by atoms with van der Waals surface area (Å²) in [6.45, 7) is 3.36. The molecule has 0 spiro atoms. The molecule has 120 valence electrons. The number of nitrogens with one attached hydrogen (secondary N) is 1. The summed E-state index contributed by atoms with van der Waals surface area (Å²) < 4.78 is 0. The minimum Gasteiger partial charge on any atom is -0.354 e. The molecule has 3 heterocycles. The average molecular weight is 315 g/mol. The predicted octanol–water partition coefficient (Wildman–Crippen LogP) is 4.94. The van der Waals surface area contributed by atoms with Crippen LogP contribution in [0.25, 0.3) is 22.0 Å². The smallest absolute Gasteiger partial charge is 0.0826 e. The SMILES string of the molecule is c1ccc2c(c1)Nc1cccc3cc(CN4CCCCC4)nc-2c13. The summed E-state index contributed by atoms with van der Waals surface area (Å²) >= 11 is 0. The van der Waals surface area contributed by atoms with E-state index in [1.54, 1.807) is 0 Å². The molecule has 1 fully saturated rings. The van der Waals surface area contributed by atoms with Gasteiger partial charge in [-0.05, 0) is 49.5 Å². The van der Waals surface area contributed by atoms with Crippen LogP contribution in [-0.2, 0) is 6.54 Å². The van der Waals surface area contributed by atoms with Gasteiger partial charge in [0.2, 0.25) is 0 Å². The third-order valence-corrected chi connectivity index (χ3v) is 5.20. The summed E-state index contributed by atoms with van der Waals surface area (Å²) in [4.78, 5) is 7.63. The highest BCUT2D eigenvalue weighted by Gasteiger charge is 2.20. The highest BCUT2D eigenvalue weighted by Crippen LogP contribution is 2.42. The van der Waals surface area contributed by atoms with Crippen LogP contribution in [0.5, 0.6) is 0 Å². The molecule has 1 N–H and O–H groups in total. The molecule has 3 heteroatoms. The first kappa shape index (κ1) is 14.0. The molecular weight excluding hydrogens is 294 g/mol. The Labute approximate surface area is 142 Å². The Bertz CT molecular complexity index is 910. The maximum atomic E-state index is 5.09. The summed E-state index contributed by atoms with van der Waals surface area (Å²) in [6, 6.07) is 17.2. The maximum absolute atomic E-state index is 5.09. The van der Waals surface area contributed by atoms with Crippen LogP contribution in [0, 0.1) is 0 Å². The molecule has 5 rings (SSSR count). The van der Waals surface area contributed by atoms with Gasteiger partial charge >= 0.3 is 0 Å². The van der Waals surface area contributed by atoms with E-state index in [1.807, 2.05) is 0 Å². The van der Waals surface area contributed by atoms with E-state index >= 15 is 0 Å². The molecule has 3 aromatic rings. The van der Waals surface area contributed by atoms with E-state index < -0.39 is 0 Å². The van der Waals surface area contributed by atoms with Crippen LogP contribution in [0.1, 0.15) is 25.0 Å². The van der Waals surface area contributed by atoms with E-state index in [1.165, 1.54) is 60.1 Å². The minimum absolute atomic E-state index is 0.961. The van der Waals surface area contributed by atoms with Crippen LogP contribution in [0.4, 0.5) is 11.4 Å². The summed E-state index contributed by atoms with van der Waals surface area (Å²) in [5.41, 5.74) is 5.85. The topological polar surface area (TPSA) is 28.2 Å². The van der Waals surface area contributed by atoms with Gasteiger partial charge in [-0.25, -0.2) is 0 Å². The molecule has 0 radical (unpaired) electrons. The molecule has 0 amide bonds. The van der Waals surface area contributed by atoms with Gasteiger partial charge in [0.15, 0.2) is 0 Å². The lowest BCUT2D eigenvalue weighted by atomic mass is 9.96. The number of nitrogens with zero attached hydrogens (tertiary/aromatic N) is 2. The second-order valence-electron chi connectivity index (χ2n) is 6.87. The molecule has 3 nitrogen and oxygen atoms in total. The van der Waals surface area contributed by atoms with Gasteiger partial charge in [0.1, 0.15) is 0 Å². The Morgan fingerprint density at radius 2 is 1.75 bits per heavy atom. The lowest BCUT2D eigenvalue weighted by Gasteiger charge is -2.27. The monoisotopic (exact) mass is 315 g/mol. The fourth-order valence-electron chi connectivity index (χ4n) is 4.04. The zero-order valence-corrected chi connectivity index (χ0v) is 13.8. The van der Waals surface area contributed by atoms with Crippen molar-refractivity contribution in [3.8, 4) is 11.3 Å². The summed E-state index contributed by atoms with van der Waals surface area (Å²) in [6.07, 6.45) is 4.00. The highest BCUT2D eigenvalue weighted by atomic mass is 15.1. The zero-order chi connectivity index (χ0) is 15.9. The molecule has 2 aliphatic heterocycles. The van der Waals surface area contributed by atoms with E-state index in [-0.39, 0.29) is 0 Å². The Kier molecular flexibility index (Phi) is 3.27. The number of hydrogen-bond donors (Lipinski definition) is 1. The molecule has 0 saturated carbocycles. The molecule has 0 unspecified atom stereocenters. The fourth-order valence-corrected chi connectivity index (χ4v) is 4.04. The van der Waals surface area contributed by atoms with Crippen LogP contribution < -0.4 is 5.32 Å². The molecule has 2 aliphatic rings. The first-order chi connectivity index (χ1) is 11.9. The van der Waals surface area contributed by atoms with Gasteiger partial charge < -0.3 is 5.32 Å². The van der Waals surface area contributed by atoms with Crippen LogP contribution >= 0.6 is 0 Å². The van der Waals surface area contributed by atoms with Crippen LogP contribution in [0.2, 0.25) is 0 Å². The first-order valence-corrected chi connectivity index (χ1v) is 8.90. The Balaban J connectivity index is 1.65. The van der Waals surface area contributed by atoms with Crippen molar-refractivity contribution in [1.29, 1.82) is 0 Å². The van der Waals surface area contributed by atoms with Crippen LogP contribution in [-0.4, -0.2) is 23.0 Å². The number of hydrogen-bond acceptors (Lipinski definition) is 3. The number of aromatic nitrogens is 1. The van der Waals surface area contributed by atoms with Crippen LogP contribution in [0.15, 0.2) is 48.5 Å². The lowest BCUT2D eigenvalue weighted by molar-refractivity contribution is 0.218. The molecule has 1 saturated heterocycles. The Morgan fingerprint density at radius 1 is 0.917 bits per heavy atom. The normalized spacial score (nSPS) is 16.7. The molecular formula is C21H21N3. The minimum atomic E-state index is 0.961. The van der Waals surface area contributed by atoms with Crippen LogP contribution in [0.3, 0.4) is 0 Å². The second kappa shape index (κ2) is 5.60. The summed E-state index contributed by atoms with van der Waals surface area (Å²) in [5.74, 6) is 0. The van der Waals surface area contributed by atoms with E-state index in [4.69, 9.17) is 4.98 Å². The molecule has 1 aromatic heterocycles. The number of fused-ring (bicyclic) bond motifs is 2. The first-order valence-electron chi connectivity index (χ1n) is 8.90. The largest absolute Gasteiger partial charge is 0.354 e. The Morgan fingerprint density at radius 3 is 2.67 bits per heavy atom. The number of likely N-dealkylation sites (tertiary alicyclic amines) is 1. The van der Waals surface area contributed by atoms with Crippen molar-refractivity contribution in [2.24, 2.45) is 0 Å². The van der Waals surface area contributed by atoms with Gasteiger partial charge in [-0.1, -0.05) is 36.8 Å². The number of piperidine rings is 1. The number of benzene rings is 2. The molecule has 24 heavy (non-hydrogen) atoms. The fraction of sp³-hybridized carbons (Fsp3) is 0.286. The quantitative estimate of drug-likeness (QED) is 0.567. The molecule has 0 atom stereocenters. The van der Waals surface area contributed by atoms with Crippen molar-refractivity contribution in [2.75, 3.05) is 18.4 Å². The van der Waals surface area contributed by atoms with Gasteiger partial charge in [0, 0.05) is 28.9 Å². The van der Waals surface area contributed by atoms with E-state index in [0.717, 1.165) is 17.9 Å². The maximum Gasteiger partial charge on any atom is 0.0826 e. The summed E-state index contributed by atoms with van der Waals surface area (Å²) in [7, 11) is 0. The highest BCUT2D eigenvalue weighted by molar-refractivity contribution is 6.09. The lowest BCUT2D eigenvalue weighted by Crippen LogP contribution is -2.29. The van der Waals surface area contributed by atoms with Gasteiger partial charge in [0.05, 0.1) is 11.4 Å². The number of pyridine rings is 1. The molecule has 0 aliphatic carbocycles. The predicted molar refractivity (Wildman–Crippen MR) is 99.6 cm³/mol. The van der Waals surface area contributed by atoms with Crippen molar-refractivity contribution in [3.05, 3.63) is 54.2 Å². The average Bonchev–Trinajstić information content (AvgIpc) is 2.63. The number of rotatable bonds is 2. The summed E-state index contributed by atoms with van der Waals surface area (Å²) in [5, 5.41) is 6.09. The van der Waals surface area contributed by atoms with Crippen molar-refractivity contribution in [3.63, 3.8) is 0 Å². The standard InChI is InChI=1S/C21H21N3/c1-4-11-24(12-5-1)14-16-13-15-7-6-10-19-20(15)21(22-16)17-8-2-3-9-18(17)23-19/h2-3,6-10,13,23H,1,4-5,11-12,14H2. The molecule has 0 bridgehead atoms. The second-order valence-corrected chi connectivity index (χ2v) is 6.87. The van der Waals surface area contributed by atoms with Crippen molar-refractivity contribution in [2.45, 2.75) is 25.8 Å². The van der Waals surface area contributed by atoms with Gasteiger partial charge in [-0.3, -0.25) is 9.88 Å².